The summed E-state index contributed by atoms with van der Waals surface area (Å²) in [6, 6.07) is 5.32. The summed E-state index contributed by atoms with van der Waals surface area (Å²) in [4.78, 5) is 12.3. The van der Waals surface area contributed by atoms with Crippen molar-refractivity contribution in [2.45, 2.75) is 64.2 Å². The Labute approximate surface area is 158 Å². The molecule has 1 aromatic carbocycles. The summed E-state index contributed by atoms with van der Waals surface area (Å²) in [5.41, 5.74) is 0.507. The first-order valence-electron chi connectivity index (χ1n) is 9.84. The standard InChI is InChI=1S/C21H35NO4/c1-25-19-15-13-14-18(20(19)26-2)21(24)22-16-11-9-7-5-3-4-6-8-10-12-17-23/h13-15,23H,3-12,16-17H2,1-2H3,(H,22,24). The van der Waals surface area contributed by atoms with Crippen LogP contribution in [0.15, 0.2) is 18.2 Å². The number of aliphatic hydroxyl groups excluding tert-OH is 1. The van der Waals surface area contributed by atoms with Crippen molar-refractivity contribution in [2.24, 2.45) is 0 Å². The van der Waals surface area contributed by atoms with Crippen LogP contribution in [0.4, 0.5) is 0 Å². The molecule has 0 fully saturated rings. The maximum absolute atomic E-state index is 12.3. The summed E-state index contributed by atoms with van der Waals surface area (Å²) < 4.78 is 10.5. The number of ether oxygens (including phenoxy) is 2. The molecular formula is C21H35NO4. The maximum Gasteiger partial charge on any atom is 0.255 e. The molecule has 0 spiro atoms. The highest BCUT2D eigenvalue weighted by Crippen LogP contribution is 2.30. The van der Waals surface area contributed by atoms with Crippen LogP contribution in [-0.2, 0) is 0 Å². The van der Waals surface area contributed by atoms with Gasteiger partial charge in [0.25, 0.3) is 5.91 Å². The fraction of sp³-hybridized carbons (Fsp3) is 0.667. The highest BCUT2D eigenvalue weighted by Gasteiger charge is 2.15. The van der Waals surface area contributed by atoms with Gasteiger partial charge in [-0.15, -0.1) is 0 Å². The number of para-hydroxylation sites is 1. The van der Waals surface area contributed by atoms with Gasteiger partial charge < -0.3 is 19.9 Å². The fourth-order valence-corrected chi connectivity index (χ4v) is 3.01. The van der Waals surface area contributed by atoms with E-state index in [0.717, 1.165) is 25.7 Å². The SMILES string of the molecule is COc1cccc(C(=O)NCCCCCCCCCCCCO)c1OC. The van der Waals surface area contributed by atoms with Crippen LogP contribution in [0.2, 0.25) is 0 Å². The smallest absolute Gasteiger partial charge is 0.255 e. The number of carbonyl (C=O) groups is 1. The van der Waals surface area contributed by atoms with E-state index in [9.17, 15) is 4.79 Å². The van der Waals surface area contributed by atoms with Crippen molar-refractivity contribution < 1.29 is 19.4 Å². The first kappa shape index (κ1) is 22.3. The van der Waals surface area contributed by atoms with Gasteiger partial charge in [-0.3, -0.25) is 4.79 Å². The third-order valence-electron chi connectivity index (χ3n) is 4.52. The molecule has 0 aliphatic heterocycles. The molecule has 0 saturated heterocycles. The van der Waals surface area contributed by atoms with Gasteiger partial charge in [0.05, 0.1) is 19.8 Å². The quantitative estimate of drug-likeness (QED) is 0.454. The second-order valence-electron chi connectivity index (χ2n) is 6.56. The number of aliphatic hydroxyl groups is 1. The highest BCUT2D eigenvalue weighted by atomic mass is 16.5. The Morgan fingerprint density at radius 3 is 2.00 bits per heavy atom. The van der Waals surface area contributed by atoms with Crippen LogP contribution in [0, 0.1) is 0 Å². The average Bonchev–Trinajstić information content (AvgIpc) is 2.67. The second-order valence-corrected chi connectivity index (χ2v) is 6.56. The van der Waals surface area contributed by atoms with Crippen LogP contribution in [-0.4, -0.2) is 38.4 Å². The monoisotopic (exact) mass is 365 g/mol. The molecule has 0 saturated carbocycles. The Morgan fingerprint density at radius 2 is 1.46 bits per heavy atom. The van der Waals surface area contributed by atoms with Gasteiger partial charge in [0.15, 0.2) is 11.5 Å². The zero-order valence-electron chi connectivity index (χ0n) is 16.4. The summed E-state index contributed by atoms with van der Waals surface area (Å²) in [7, 11) is 3.11. The molecule has 26 heavy (non-hydrogen) atoms. The molecule has 0 heterocycles. The van der Waals surface area contributed by atoms with E-state index in [0.29, 0.717) is 30.2 Å². The molecule has 5 heteroatoms. The number of carbonyl (C=O) groups excluding carboxylic acids is 1. The number of hydrogen-bond acceptors (Lipinski definition) is 4. The van der Waals surface area contributed by atoms with Gasteiger partial charge >= 0.3 is 0 Å². The Bertz CT molecular complexity index is 505. The fourth-order valence-electron chi connectivity index (χ4n) is 3.01. The normalized spacial score (nSPS) is 10.6. The molecule has 0 unspecified atom stereocenters. The predicted molar refractivity (Wildman–Crippen MR) is 105 cm³/mol. The number of benzene rings is 1. The van der Waals surface area contributed by atoms with Gasteiger partial charge in [-0.2, -0.15) is 0 Å². The van der Waals surface area contributed by atoms with Crippen molar-refractivity contribution in [3.05, 3.63) is 23.8 Å². The first-order valence-corrected chi connectivity index (χ1v) is 9.84. The van der Waals surface area contributed by atoms with Gasteiger partial charge in [-0.05, 0) is 25.0 Å². The average molecular weight is 366 g/mol. The zero-order chi connectivity index (χ0) is 19.0. The largest absolute Gasteiger partial charge is 0.493 e. The van der Waals surface area contributed by atoms with E-state index in [4.69, 9.17) is 14.6 Å². The molecule has 0 aliphatic rings. The maximum atomic E-state index is 12.3. The van der Waals surface area contributed by atoms with Crippen molar-refractivity contribution in [2.75, 3.05) is 27.4 Å². The van der Waals surface area contributed by atoms with E-state index in [2.05, 4.69) is 5.32 Å². The minimum absolute atomic E-state index is 0.122. The van der Waals surface area contributed by atoms with E-state index >= 15 is 0 Å². The van der Waals surface area contributed by atoms with Crippen LogP contribution in [0.1, 0.15) is 74.6 Å². The third kappa shape index (κ3) is 8.56. The summed E-state index contributed by atoms with van der Waals surface area (Å²) in [5.74, 6) is 0.923. The van der Waals surface area contributed by atoms with Crippen LogP contribution in [0.3, 0.4) is 0 Å². The zero-order valence-corrected chi connectivity index (χ0v) is 16.4. The number of nitrogens with one attached hydrogen (secondary N) is 1. The first-order chi connectivity index (χ1) is 12.7. The molecule has 148 valence electrons. The second kappa shape index (κ2) is 14.4. The molecule has 2 N–H and O–H groups in total. The molecule has 1 amide bonds. The predicted octanol–water partition coefficient (Wildman–Crippen LogP) is 4.33. The lowest BCUT2D eigenvalue weighted by Crippen LogP contribution is -2.25. The topological polar surface area (TPSA) is 67.8 Å². The van der Waals surface area contributed by atoms with E-state index in [-0.39, 0.29) is 5.91 Å². The van der Waals surface area contributed by atoms with Crippen LogP contribution in [0.25, 0.3) is 0 Å². The molecular weight excluding hydrogens is 330 g/mol. The molecule has 5 nitrogen and oxygen atoms in total. The van der Waals surface area contributed by atoms with E-state index in [1.807, 2.05) is 0 Å². The molecule has 0 aliphatic carbocycles. The van der Waals surface area contributed by atoms with Gasteiger partial charge in [0, 0.05) is 13.2 Å². The minimum Gasteiger partial charge on any atom is -0.493 e. The lowest BCUT2D eigenvalue weighted by molar-refractivity contribution is 0.0949. The van der Waals surface area contributed by atoms with E-state index in [1.165, 1.54) is 38.5 Å². The van der Waals surface area contributed by atoms with Gasteiger partial charge in [-0.25, -0.2) is 0 Å². The summed E-state index contributed by atoms with van der Waals surface area (Å²) in [6.45, 7) is 1.00. The van der Waals surface area contributed by atoms with Crippen molar-refractivity contribution in [3.8, 4) is 11.5 Å². The van der Waals surface area contributed by atoms with Gasteiger partial charge in [0.2, 0.25) is 0 Å². The van der Waals surface area contributed by atoms with Crippen molar-refractivity contribution in [1.29, 1.82) is 0 Å². The molecule has 1 rings (SSSR count). The lowest BCUT2D eigenvalue weighted by Gasteiger charge is -2.12. The summed E-state index contributed by atoms with van der Waals surface area (Å²) in [6.07, 6.45) is 11.8. The van der Waals surface area contributed by atoms with Crippen molar-refractivity contribution in [1.82, 2.24) is 5.32 Å². The highest BCUT2D eigenvalue weighted by molar-refractivity contribution is 5.97. The van der Waals surface area contributed by atoms with Crippen molar-refractivity contribution in [3.63, 3.8) is 0 Å². The Kier molecular flexibility index (Phi) is 12.4. The summed E-state index contributed by atoms with van der Waals surface area (Å²) >= 11 is 0. The van der Waals surface area contributed by atoms with Gasteiger partial charge in [-0.1, -0.05) is 57.4 Å². The van der Waals surface area contributed by atoms with E-state index < -0.39 is 0 Å². The number of hydrogen-bond donors (Lipinski definition) is 2. The van der Waals surface area contributed by atoms with E-state index in [1.54, 1.807) is 32.4 Å². The van der Waals surface area contributed by atoms with Crippen LogP contribution < -0.4 is 14.8 Å². The molecule has 0 aromatic heterocycles. The Hall–Kier alpha value is -1.75. The number of amides is 1. The van der Waals surface area contributed by atoms with Gasteiger partial charge in [0.1, 0.15) is 0 Å². The number of methoxy groups -OCH3 is 2. The van der Waals surface area contributed by atoms with Crippen LogP contribution in [0.5, 0.6) is 11.5 Å². The number of unbranched alkanes of at least 4 members (excludes halogenated alkanes) is 9. The summed E-state index contributed by atoms with van der Waals surface area (Å²) in [5, 5.41) is 11.7. The Morgan fingerprint density at radius 1 is 0.885 bits per heavy atom. The molecule has 1 aromatic rings. The molecule has 0 atom stereocenters. The minimum atomic E-state index is -0.122. The number of rotatable bonds is 15. The Balaban J connectivity index is 2.11. The lowest BCUT2D eigenvalue weighted by atomic mass is 10.1. The van der Waals surface area contributed by atoms with Crippen molar-refractivity contribution >= 4 is 5.91 Å². The third-order valence-corrected chi connectivity index (χ3v) is 4.52. The molecule has 0 radical (unpaired) electrons. The molecule has 0 bridgehead atoms. The van der Waals surface area contributed by atoms with Crippen LogP contribution >= 0.6 is 0 Å².